The smallest absolute Gasteiger partial charge is 0.241 e. The molecule has 0 aliphatic rings. The van der Waals surface area contributed by atoms with Crippen molar-refractivity contribution in [3.05, 3.63) is 47.4 Å². The van der Waals surface area contributed by atoms with Gasteiger partial charge in [-0.25, -0.2) is 0 Å². The monoisotopic (exact) mass is 259 g/mol. The highest BCUT2D eigenvalue weighted by atomic mass is 32.1. The molecule has 0 bridgehead atoms. The summed E-state index contributed by atoms with van der Waals surface area (Å²) in [5, 5.41) is 0. The Morgan fingerprint density at radius 1 is 1.33 bits per heavy atom. The fraction of sp³-hybridized carbons (Fsp3) is 0.0714. The number of carbonyl (C=O) groups excluding carboxylic acids is 1. The number of amides is 1. The lowest BCUT2D eigenvalue weighted by Gasteiger charge is -2.01. The van der Waals surface area contributed by atoms with Crippen LogP contribution in [0.3, 0.4) is 0 Å². The predicted octanol–water partition coefficient (Wildman–Crippen LogP) is 2.92. The summed E-state index contributed by atoms with van der Waals surface area (Å²) in [4.78, 5) is 12.8. The fourth-order valence-electron chi connectivity index (χ4n) is 1.54. The first-order valence-electron chi connectivity index (χ1n) is 5.41. The minimum Gasteiger partial charge on any atom is -0.497 e. The first-order valence-corrected chi connectivity index (χ1v) is 6.22. The Balaban J connectivity index is 2.26. The second kappa shape index (κ2) is 5.51. The molecular formula is C14H13NO2S. The molecule has 3 nitrogen and oxygen atoms in total. The van der Waals surface area contributed by atoms with Gasteiger partial charge in [0, 0.05) is 15.8 Å². The Morgan fingerprint density at radius 3 is 2.89 bits per heavy atom. The summed E-state index contributed by atoms with van der Waals surface area (Å²) in [7, 11) is 1.65. The zero-order valence-electron chi connectivity index (χ0n) is 9.92. The fourth-order valence-corrected chi connectivity index (χ4v) is 2.45. The molecule has 2 aromatic rings. The van der Waals surface area contributed by atoms with Gasteiger partial charge in [0.25, 0.3) is 0 Å². The van der Waals surface area contributed by atoms with Crippen LogP contribution < -0.4 is 10.5 Å². The van der Waals surface area contributed by atoms with Crippen LogP contribution in [0.15, 0.2) is 42.5 Å². The molecule has 0 radical (unpaired) electrons. The number of primary amides is 1. The summed E-state index contributed by atoms with van der Waals surface area (Å²) in [5.41, 5.74) is 6.15. The molecule has 0 atom stereocenters. The van der Waals surface area contributed by atoms with Crippen molar-refractivity contribution < 1.29 is 9.53 Å². The molecule has 1 amide bonds. The van der Waals surface area contributed by atoms with Gasteiger partial charge in [-0.15, -0.1) is 11.3 Å². The average Bonchev–Trinajstić information content (AvgIpc) is 2.85. The molecule has 0 saturated heterocycles. The zero-order valence-corrected chi connectivity index (χ0v) is 10.7. The molecule has 1 aromatic carbocycles. The van der Waals surface area contributed by atoms with E-state index in [0.29, 0.717) is 0 Å². The van der Waals surface area contributed by atoms with Crippen molar-refractivity contribution in [2.24, 2.45) is 5.73 Å². The summed E-state index contributed by atoms with van der Waals surface area (Å²) in [6.07, 6.45) is 3.08. The lowest BCUT2D eigenvalue weighted by molar-refractivity contribution is -0.113. The SMILES string of the molecule is COc1cccc(-c2ccc(/C=C/C(N)=O)s2)c1. The van der Waals surface area contributed by atoms with Crippen molar-refractivity contribution in [2.75, 3.05) is 7.11 Å². The Bertz CT molecular complexity index is 587. The van der Waals surface area contributed by atoms with E-state index < -0.39 is 5.91 Å². The lowest BCUT2D eigenvalue weighted by atomic mass is 10.2. The number of nitrogens with two attached hydrogens (primary N) is 1. The highest BCUT2D eigenvalue weighted by molar-refractivity contribution is 7.16. The predicted molar refractivity (Wildman–Crippen MR) is 74.5 cm³/mol. The second-order valence-electron chi connectivity index (χ2n) is 3.67. The van der Waals surface area contributed by atoms with Gasteiger partial charge in [-0.2, -0.15) is 0 Å². The van der Waals surface area contributed by atoms with Crippen LogP contribution in [0.25, 0.3) is 16.5 Å². The highest BCUT2D eigenvalue weighted by Crippen LogP contribution is 2.30. The minimum atomic E-state index is -0.439. The van der Waals surface area contributed by atoms with E-state index in [2.05, 4.69) is 0 Å². The summed E-state index contributed by atoms with van der Waals surface area (Å²) in [5.74, 6) is 0.390. The standard InChI is InChI=1S/C14H13NO2S/c1-17-11-4-2-3-10(9-11)13-7-5-12(18-13)6-8-14(15)16/h2-9H,1H3,(H2,15,16)/b8-6+. The number of thiophene rings is 1. The maximum absolute atomic E-state index is 10.7. The molecule has 4 heteroatoms. The molecule has 92 valence electrons. The molecule has 18 heavy (non-hydrogen) atoms. The van der Waals surface area contributed by atoms with Gasteiger partial charge in [-0.3, -0.25) is 4.79 Å². The third kappa shape index (κ3) is 2.99. The molecular weight excluding hydrogens is 246 g/mol. The Morgan fingerprint density at radius 2 is 2.17 bits per heavy atom. The minimum absolute atomic E-state index is 0.439. The summed E-state index contributed by atoms with van der Waals surface area (Å²) < 4.78 is 5.19. The largest absolute Gasteiger partial charge is 0.497 e. The van der Waals surface area contributed by atoms with Crippen molar-refractivity contribution in [3.63, 3.8) is 0 Å². The van der Waals surface area contributed by atoms with Crippen molar-refractivity contribution in [1.82, 2.24) is 0 Å². The first kappa shape index (κ1) is 12.4. The maximum Gasteiger partial charge on any atom is 0.241 e. The van der Waals surface area contributed by atoms with Gasteiger partial charge in [0.15, 0.2) is 0 Å². The van der Waals surface area contributed by atoms with Gasteiger partial charge in [-0.1, -0.05) is 12.1 Å². The van der Waals surface area contributed by atoms with Crippen molar-refractivity contribution in [2.45, 2.75) is 0 Å². The van der Waals surface area contributed by atoms with Crippen LogP contribution in [0.5, 0.6) is 5.75 Å². The molecule has 0 unspecified atom stereocenters. The molecule has 1 heterocycles. The van der Waals surface area contributed by atoms with E-state index in [-0.39, 0.29) is 0 Å². The second-order valence-corrected chi connectivity index (χ2v) is 4.79. The number of ether oxygens (including phenoxy) is 1. The van der Waals surface area contributed by atoms with Gasteiger partial charge in [0.05, 0.1) is 7.11 Å². The Labute approximate surface area is 110 Å². The maximum atomic E-state index is 10.7. The van der Waals surface area contributed by atoms with Crippen LogP contribution in [0.2, 0.25) is 0 Å². The number of hydrogen-bond donors (Lipinski definition) is 1. The quantitative estimate of drug-likeness (QED) is 0.858. The van der Waals surface area contributed by atoms with Gasteiger partial charge in [0.1, 0.15) is 5.75 Å². The van der Waals surface area contributed by atoms with Crippen molar-refractivity contribution in [1.29, 1.82) is 0 Å². The average molecular weight is 259 g/mol. The van der Waals surface area contributed by atoms with E-state index in [1.807, 2.05) is 36.4 Å². The van der Waals surface area contributed by atoms with Gasteiger partial charge in [0.2, 0.25) is 5.91 Å². The van der Waals surface area contributed by atoms with Gasteiger partial charge >= 0.3 is 0 Å². The molecule has 0 fully saturated rings. The number of benzene rings is 1. The zero-order chi connectivity index (χ0) is 13.0. The number of methoxy groups -OCH3 is 1. The van der Waals surface area contributed by atoms with Gasteiger partial charge in [-0.05, 0) is 35.9 Å². The van der Waals surface area contributed by atoms with Crippen LogP contribution in [-0.2, 0) is 4.79 Å². The first-order chi connectivity index (χ1) is 8.69. The number of rotatable bonds is 4. The number of hydrogen-bond acceptors (Lipinski definition) is 3. The Hall–Kier alpha value is -2.07. The number of carbonyl (C=O) groups is 1. The summed E-state index contributed by atoms with van der Waals surface area (Å²) >= 11 is 1.60. The Kier molecular flexibility index (Phi) is 3.79. The highest BCUT2D eigenvalue weighted by Gasteiger charge is 2.02. The van der Waals surface area contributed by atoms with E-state index in [1.165, 1.54) is 6.08 Å². The molecule has 2 rings (SSSR count). The molecule has 1 aromatic heterocycles. The molecule has 0 aliphatic heterocycles. The molecule has 0 spiro atoms. The van der Waals surface area contributed by atoms with Crippen LogP contribution in [0, 0.1) is 0 Å². The third-order valence-corrected chi connectivity index (χ3v) is 3.49. The van der Waals surface area contributed by atoms with E-state index in [9.17, 15) is 4.79 Å². The van der Waals surface area contributed by atoms with Crippen LogP contribution in [0.4, 0.5) is 0 Å². The normalized spacial score (nSPS) is 10.7. The van der Waals surface area contributed by atoms with Crippen LogP contribution in [0.1, 0.15) is 4.88 Å². The van der Waals surface area contributed by atoms with Crippen LogP contribution >= 0.6 is 11.3 Å². The topological polar surface area (TPSA) is 52.3 Å². The van der Waals surface area contributed by atoms with E-state index in [1.54, 1.807) is 24.5 Å². The van der Waals surface area contributed by atoms with E-state index in [0.717, 1.165) is 21.1 Å². The molecule has 0 aliphatic carbocycles. The summed E-state index contributed by atoms with van der Waals surface area (Å²) in [6, 6.07) is 11.8. The van der Waals surface area contributed by atoms with Crippen molar-refractivity contribution in [3.8, 4) is 16.2 Å². The summed E-state index contributed by atoms with van der Waals surface area (Å²) in [6.45, 7) is 0. The van der Waals surface area contributed by atoms with E-state index in [4.69, 9.17) is 10.5 Å². The lowest BCUT2D eigenvalue weighted by Crippen LogP contribution is -2.04. The van der Waals surface area contributed by atoms with Crippen molar-refractivity contribution >= 4 is 23.3 Å². The van der Waals surface area contributed by atoms with Crippen LogP contribution in [-0.4, -0.2) is 13.0 Å². The molecule has 0 saturated carbocycles. The van der Waals surface area contributed by atoms with E-state index >= 15 is 0 Å². The molecule has 2 N–H and O–H groups in total. The third-order valence-electron chi connectivity index (χ3n) is 2.39. The van der Waals surface area contributed by atoms with Gasteiger partial charge < -0.3 is 10.5 Å².